The summed E-state index contributed by atoms with van der Waals surface area (Å²) in [6.07, 6.45) is 4.22. The molecule has 0 bridgehead atoms. The summed E-state index contributed by atoms with van der Waals surface area (Å²) in [6, 6.07) is 13.2. The van der Waals surface area contributed by atoms with Crippen LogP contribution in [-0.4, -0.2) is 66.9 Å². The molecular weight excluding hydrogens is 418 g/mol. The fraction of sp³-hybridized carbons (Fsp3) is 0.423. The van der Waals surface area contributed by atoms with Crippen molar-refractivity contribution in [3.8, 4) is 5.75 Å². The van der Waals surface area contributed by atoms with E-state index in [2.05, 4.69) is 4.90 Å². The van der Waals surface area contributed by atoms with E-state index < -0.39 is 0 Å². The number of rotatable bonds is 5. The highest BCUT2D eigenvalue weighted by atomic mass is 16.5. The number of hydrogen-bond donors (Lipinski definition) is 0. The molecule has 0 unspecified atom stereocenters. The SMILES string of the molecule is COc1ccccc1CC(=O)N1CCN(c2cccc3c2C(=O)N(C2CCCC2)C3=O)CC1. The van der Waals surface area contributed by atoms with E-state index in [1.54, 1.807) is 13.2 Å². The molecule has 1 saturated heterocycles. The van der Waals surface area contributed by atoms with Crippen LogP contribution in [0.1, 0.15) is 52.0 Å². The first-order valence-corrected chi connectivity index (χ1v) is 11.7. The van der Waals surface area contributed by atoms with Crippen LogP contribution < -0.4 is 9.64 Å². The van der Waals surface area contributed by atoms with Gasteiger partial charge in [0, 0.05) is 37.8 Å². The summed E-state index contributed by atoms with van der Waals surface area (Å²) >= 11 is 0. The lowest BCUT2D eigenvalue weighted by atomic mass is 10.1. The molecule has 7 heteroatoms. The molecule has 0 atom stereocenters. The van der Waals surface area contributed by atoms with Gasteiger partial charge in [-0.3, -0.25) is 19.3 Å². The van der Waals surface area contributed by atoms with E-state index in [0.29, 0.717) is 43.7 Å². The second kappa shape index (κ2) is 8.89. The monoisotopic (exact) mass is 447 g/mol. The van der Waals surface area contributed by atoms with Gasteiger partial charge in [-0.2, -0.15) is 0 Å². The van der Waals surface area contributed by atoms with E-state index in [9.17, 15) is 14.4 Å². The van der Waals surface area contributed by atoms with E-state index in [0.717, 1.165) is 42.7 Å². The molecule has 1 aliphatic carbocycles. The van der Waals surface area contributed by atoms with E-state index in [-0.39, 0.29) is 23.8 Å². The number of hydrogen-bond acceptors (Lipinski definition) is 5. The standard InChI is InChI=1S/C26H29N3O4/c1-33-22-12-5-2-7-18(22)17-23(30)28-15-13-27(14-16-28)21-11-6-10-20-24(21)26(32)29(25(20)31)19-8-3-4-9-19/h2,5-7,10-12,19H,3-4,8-9,13-17H2,1H3. The van der Waals surface area contributed by atoms with Gasteiger partial charge in [-0.15, -0.1) is 0 Å². The molecule has 3 aliphatic rings. The number of para-hydroxylation sites is 1. The number of anilines is 1. The van der Waals surface area contributed by atoms with Crippen molar-refractivity contribution in [1.82, 2.24) is 9.80 Å². The largest absolute Gasteiger partial charge is 0.496 e. The molecule has 2 heterocycles. The average molecular weight is 448 g/mol. The molecule has 1 saturated carbocycles. The third kappa shape index (κ3) is 3.86. The molecule has 33 heavy (non-hydrogen) atoms. The second-order valence-corrected chi connectivity index (χ2v) is 8.97. The lowest BCUT2D eigenvalue weighted by Crippen LogP contribution is -2.49. The Morgan fingerprint density at radius 1 is 0.939 bits per heavy atom. The Labute approximate surface area is 193 Å². The van der Waals surface area contributed by atoms with Crippen LogP contribution in [0.15, 0.2) is 42.5 Å². The molecule has 2 aliphatic heterocycles. The molecule has 7 nitrogen and oxygen atoms in total. The first-order valence-electron chi connectivity index (χ1n) is 11.7. The van der Waals surface area contributed by atoms with E-state index >= 15 is 0 Å². The lowest BCUT2D eigenvalue weighted by molar-refractivity contribution is -0.130. The van der Waals surface area contributed by atoms with Crippen LogP contribution in [0.25, 0.3) is 0 Å². The molecule has 172 valence electrons. The van der Waals surface area contributed by atoms with Crippen LogP contribution in [0.3, 0.4) is 0 Å². The number of fused-ring (bicyclic) bond motifs is 1. The molecule has 0 radical (unpaired) electrons. The molecule has 0 N–H and O–H groups in total. The van der Waals surface area contributed by atoms with Crippen molar-refractivity contribution in [1.29, 1.82) is 0 Å². The van der Waals surface area contributed by atoms with E-state index in [4.69, 9.17) is 4.74 Å². The van der Waals surface area contributed by atoms with Crippen LogP contribution >= 0.6 is 0 Å². The molecule has 2 fully saturated rings. The van der Waals surface area contributed by atoms with E-state index in [1.807, 2.05) is 41.3 Å². The second-order valence-electron chi connectivity index (χ2n) is 8.97. The summed E-state index contributed by atoms with van der Waals surface area (Å²) in [6.45, 7) is 2.40. The Kier molecular flexibility index (Phi) is 5.79. The number of piperazine rings is 1. The summed E-state index contributed by atoms with van der Waals surface area (Å²) in [7, 11) is 1.61. The zero-order chi connectivity index (χ0) is 22.9. The molecule has 5 rings (SSSR count). The highest BCUT2D eigenvalue weighted by molar-refractivity contribution is 6.24. The summed E-state index contributed by atoms with van der Waals surface area (Å²) in [4.78, 5) is 44.7. The maximum atomic E-state index is 13.3. The van der Waals surface area contributed by atoms with Crippen LogP contribution in [0.5, 0.6) is 5.75 Å². The zero-order valence-electron chi connectivity index (χ0n) is 19.0. The Hall–Kier alpha value is -3.35. The highest BCUT2D eigenvalue weighted by Crippen LogP contribution is 2.36. The predicted molar refractivity (Wildman–Crippen MR) is 125 cm³/mol. The smallest absolute Gasteiger partial charge is 0.263 e. The van der Waals surface area contributed by atoms with Crippen molar-refractivity contribution < 1.29 is 19.1 Å². The van der Waals surface area contributed by atoms with Gasteiger partial charge >= 0.3 is 0 Å². The minimum Gasteiger partial charge on any atom is -0.496 e. The molecule has 2 aromatic carbocycles. The number of nitrogens with zero attached hydrogens (tertiary/aromatic N) is 3. The maximum absolute atomic E-state index is 13.3. The summed E-state index contributed by atoms with van der Waals surface area (Å²) in [5.41, 5.74) is 2.73. The number of amides is 3. The number of carbonyl (C=O) groups is 3. The van der Waals surface area contributed by atoms with Crippen molar-refractivity contribution >= 4 is 23.4 Å². The zero-order valence-corrected chi connectivity index (χ0v) is 19.0. The third-order valence-corrected chi connectivity index (χ3v) is 7.12. The van der Waals surface area contributed by atoms with Crippen LogP contribution in [0.2, 0.25) is 0 Å². The molecule has 0 spiro atoms. The average Bonchev–Trinajstić information content (AvgIpc) is 3.46. The van der Waals surface area contributed by atoms with Crippen molar-refractivity contribution in [2.75, 3.05) is 38.2 Å². The minimum atomic E-state index is -0.160. The van der Waals surface area contributed by atoms with Crippen LogP contribution in [0, 0.1) is 0 Å². The van der Waals surface area contributed by atoms with Crippen molar-refractivity contribution in [3.63, 3.8) is 0 Å². The van der Waals surface area contributed by atoms with Gasteiger partial charge < -0.3 is 14.5 Å². The Morgan fingerprint density at radius 2 is 1.67 bits per heavy atom. The summed E-state index contributed by atoms with van der Waals surface area (Å²) in [5, 5.41) is 0. The Balaban J connectivity index is 1.28. The van der Waals surface area contributed by atoms with Gasteiger partial charge in [-0.1, -0.05) is 37.1 Å². The summed E-state index contributed by atoms with van der Waals surface area (Å²) in [5.74, 6) is 0.469. The van der Waals surface area contributed by atoms with Gasteiger partial charge in [-0.25, -0.2) is 0 Å². The Bertz CT molecular complexity index is 1080. The van der Waals surface area contributed by atoms with Gasteiger partial charge in [0.2, 0.25) is 5.91 Å². The van der Waals surface area contributed by atoms with Gasteiger partial charge in [0.1, 0.15) is 5.75 Å². The molecule has 0 aromatic heterocycles. The minimum absolute atomic E-state index is 0.0229. The highest BCUT2D eigenvalue weighted by Gasteiger charge is 2.43. The fourth-order valence-electron chi connectivity index (χ4n) is 5.36. The first kappa shape index (κ1) is 21.5. The summed E-state index contributed by atoms with van der Waals surface area (Å²) < 4.78 is 5.37. The van der Waals surface area contributed by atoms with Gasteiger partial charge in [0.25, 0.3) is 11.8 Å². The number of benzene rings is 2. The molecular formula is C26H29N3O4. The number of ether oxygens (including phenoxy) is 1. The van der Waals surface area contributed by atoms with Crippen LogP contribution in [0.4, 0.5) is 5.69 Å². The topological polar surface area (TPSA) is 70.2 Å². The van der Waals surface area contributed by atoms with Gasteiger partial charge in [-0.05, 0) is 31.0 Å². The third-order valence-electron chi connectivity index (χ3n) is 7.12. The molecule has 3 amide bonds. The first-order chi connectivity index (χ1) is 16.1. The van der Waals surface area contributed by atoms with E-state index in [1.165, 1.54) is 4.90 Å². The normalized spacial score (nSPS) is 18.8. The van der Waals surface area contributed by atoms with Crippen LogP contribution in [-0.2, 0) is 11.2 Å². The quantitative estimate of drug-likeness (QED) is 0.659. The van der Waals surface area contributed by atoms with Crippen molar-refractivity contribution in [2.45, 2.75) is 38.1 Å². The predicted octanol–water partition coefficient (Wildman–Crippen LogP) is 3.13. The van der Waals surface area contributed by atoms with Crippen molar-refractivity contribution in [2.24, 2.45) is 0 Å². The Morgan fingerprint density at radius 3 is 2.39 bits per heavy atom. The number of methoxy groups -OCH3 is 1. The van der Waals surface area contributed by atoms with Gasteiger partial charge in [0.05, 0.1) is 30.3 Å². The van der Waals surface area contributed by atoms with Crippen molar-refractivity contribution in [3.05, 3.63) is 59.2 Å². The molecule has 2 aromatic rings. The van der Waals surface area contributed by atoms with Gasteiger partial charge in [0.15, 0.2) is 0 Å². The lowest BCUT2D eigenvalue weighted by Gasteiger charge is -2.37. The fourth-order valence-corrected chi connectivity index (χ4v) is 5.36. The number of imide groups is 1. The maximum Gasteiger partial charge on any atom is 0.263 e. The number of carbonyl (C=O) groups excluding carboxylic acids is 3.